The maximum absolute atomic E-state index is 12.7. The van der Waals surface area contributed by atoms with Crippen LogP contribution in [0, 0.1) is 0 Å². The molecule has 32 heavy (non-hydrogen) atoms. The van der Waals surface area contributed by atoms with E-state index in [-0.39, 0.29) is 23.8 Å². The molecule has 0 saturated carbocycles. The molecule has 2 aliphatic heterocycles. The fraction of sp³-hybridized carbons (Fsp3) is 0.130. The molecule has 0 bridgehead atoms. The molecule has 162 valence electrons. The van der Waals surface area contributed by atoms with E-state index in [0.717, 1.165) is 44.5 Å². The number of amides is 4. The molecule has 0 N–H and O–H groups in total. The lowest BCUT2D eigenvalue weighted by Crippen LogP contribution is -2.45. The van der Waals surface area contributed by atoms with Crippen LogP contribution in [0.1, 0.15) is 11.1 Å². The summed E-state index contributed by atoms with van der Waals surface area (Å²) in [5.74, 6) is -0.789. The molecule has 7 nitrogen and oxygen atoms in total. The SMILES string of the molecule is CN(CN1C(=O)SC(=Cc2ccccc2)C1=O)CN1C(=O)SC(=Cc2ccccc2)C1=O. The molecular weight excluding hydrogens is 446 g/mol. The van der Waals surface area contributed by atoms with Crippen molar-refractivity contribution < 1.29 is 19.2 Å². The maximum Gasteiger partial charge on any atom is 0.294 e. The van der Waals surface area contributed by atoms with Crippen molar-refractivity contribution in [3.63, 3.8) is 0 Å². The van der Waals surface area contributed by atoms with Crippen LogP contribution >= 0.6 is 23.5 Å². The van der Waals surface area contributed by atoms with E-state index >= 15 is 0 Å². The molecule has 9 heteroatoms. The maximum atomic E-state index is 12.7. The van der Waals surface area contributed by atoms with Crippen LogP contribution < -0.4 is 0 Å². The molecule has 2 saturated heterocycles. The van der Waals surface area contributed by atoms with E-state index in [1.807, 2.05) is 60.7 Å². The monoisotopic (exact) mass is 465 g/mol. The second kappa shape index (κ2) is 9.56. The molecule has 0 unspecified atom stereocenters. The third kappa shape index (κ3) is 4.85. The third-order valence-corrected chi connectivity index (χ3v) is 6.52. The van der Waals surface area contributed by atoms with Gasteiger partial charge < -0.3 is 0 Å². The number of nitrogens with zero attached hydrogens (tertiary/aromatic N) is 3. The highest BCUT2D eigenvalue weighted by Crippen LogP contribution is 2.34. The first-order chi connectivity index (χ1) is 15.4. The lowest BCUT2D eigenvalue weighted by Gasteiger charge is -2.25. The summed E-state index contributed by atoms with van der Waals surface area (Å²) in [6, 6.07) is 18.6. The minimum absolute atomic E-state index is 0.0315. The van der Waals surface area contributed by atoms with Gasteiger partial charge in [0.1, 0.15) is 0 Å². The fourth-order valence-electron chi connectivity index (χ4n) is 3.17. The van der Waals surface area contributed by atoms with Crippen molar-refractivity contribution in [1.82, 2.24) is 14.7 Å². The van der Waals surface area contributed by atoms with Crippen molar-refractivity contribution in [3.8, 4) is 0 Å². The normalized spacial score (nSPS) is 19.3. The second-order valence-electron chi connectivity index (χ2n) is 7.18. The van der Waals surface area contributed by atoms with Gasteiger partial charge in [-0.3, -0.25) is 33.9 Å². The molecule has 4 amide bonds. The molecule has 2 aromatic carbocycles. The molecule has 2 fully saturated rings. The third-order valence-electron chi connectivity index (χ3n) is 4.71. The smallest absolute Gasteiger partial charge is 0.270 e. The van der Waals surface area contributed by atoms with Gasteiger partial charge in [0.15, 0.2) is 0 Å². The van der Waals surface area contributed by atoms with Gasteiger partial charge in [-0.2, -0.15) is 0 Å². The highest BCUT2D eigenvalue weighted by Gasteiger charge is 2.38. The Morgan fingerprint density at radius 1 is 0.688 bits per heavy atom. The quantitative estimate of drug-likeness (QED) is 0.589. The Labute approximate surface area is 193 Å². The van der Waals surface area contributed by atoms with E-state index in [9.17, 15) is 19.2 Å². The van der Waals surface area contributed by atoms with Crippen LogP contribution in [0.5, 0.6) is 0 Å². The number of hydrogen-bond acceptors (Lipinski definition) is 7. The molecule has 0 spiro atoms. The number of imide groups is 2. The van der Waals surface area contributed by atoms with E-state index in [1.165, 1.54) is 0 Å². The van der Waals surface area contributed by atoms with Gasteiger partial charge in [0.2, 0.25) is 0 Å². The lowest BCUT2D eigenvalue weighted by molar-refractivity contribution is -0.125. The summed E-state index contributed by atoms with van der Waals surface area (Å²) >= 11 is 1.75. The van der Waals surface area contributed by atoms with E-state index in [2.05, 4.69) is 0 Å². The van der Waals surface area contributed by atoms with Crippen LogP contribution in [0.2, 0.25) is 0 Å². The molecular formula is C23H19N3O4S2. The van der Waals surface area contributed by atoms with Gasteiger partial charge in [0.05, 0.1) is 23.1 Å². The van der Waals surface area contributed by atoms with Crippen LogP contribution in [0.3, 0.4) is 0 Å². The van der Waals surface area contributed by atoms with Gasteiger partial charge in [-0.1, -0.05) is 60.7 Å². The summed E-state index contributed by atoms with van der Waals surface area (Å²) in [6.45, 7) is -0.0630. The number of carbonyl (C=O) groups excluding carboxylic acids is 4. The topological polar surface area (TPSA) is 78.0 Å². The van der Waals surface area contributed by atoms with Gasteiger partial charge >= 0.3 is 0 Å². The Kier molecular flexibility index (Phi) is 6.59. The van der Waals surface area contributed by atoms with E-state index < -0.39 is 11.8 Å². The Hall–Kier alpha value is -3.14. The molecule has 0 aliphatic carbocycles. The minimum atomic E-state index is -0.395. The summed E-state index contributed by atoms with van der Waals surface area (Å²) in [6.07, 6.45) is 3.35. The highest BCUT2D eigenvalue weighted by molar-refractivity contribution is 8.18. The Balaban J connectivity index is 1.41. The van der Waals surface area contributed by atoms with Crippen molar-refractivity contribution in [2.75, 3.05) is 20.4 Å². The number of rotatable bonds is 6. The first-order valence-corrected chi connectivity index (χ1v) is 11.3. The minimum Gasteiger partial charge on any atom is -0.270 e. The van der Waals surface area contributed by atoms with Gasteiger partial charge in [-0.15, -0.1) is 0 Å². The molecule has 4 rings (SSSR count). The molecule has 2 heterocycles. The average molecular weight is 466 g/mol. The first kappa shape index (κ1) is 22.1. The number of thioether (sulfide) groups is 2. The average Bonchev–Trinajstić information content (AvgIpc) is 3.19. The zero-order valence-corrected chi connectivity index (χ0v) is 18.8. The fourth-order valence-corrected chi connectivity index (χ4v) is 4.84. The molecule has 0 radical (unpaired) electrons. The van der Waals surface area contributed by atoms with Crippen molar-refractivity contribution in [2.45, 2.75) is 0 Å². The van der Waals surface area contributed by atoms with Crippen molar-refractivity contribution >= 4 is 58.0 Å². The second-order valence-corrected chi connectivity index (χ2v) is 9.17. The zero-order valence-electron chi connectivity index (χ0n) is 17.1. The Morgan fingerprint density at radius 2 is 1.06 bits per heavy atom. The van der Waals surface area contributed by atoms with Crippen molar-refractivity contribution in [3.05, 3.63) is 81.6 Å². The number of benzene rings is 2. The lowest BCUT2D eigenvalue weighted by atomic mass is 10.2. The highest BCUT2D eigenvalue weighted by atomic mass is 32.2. The van der Waals surface area contributed by atoms with E-state index in [4.69, 9.17) is 0 Å². The Bertz CT molecular complexity index is 1040. The first-order valence-electron chi connectivity index (χ1n) is 9.72. The molecule has 0 atom stereocenters. The van der Waals surface area contributed by atoms with E-state index in [0.29, 0.717) is 9.81 Å². The number of carbonyl (C=O) groups is 4. The van der Waals surface area contributed by atoms with Gasteiger partial charge in [-0.25, -0.2) is 0 Å². The summed E-state index contributed by atoms with van der Waals surface area (Å²) in [5, 5.41) is -0.774. The zero-order chi connectivity index (χ0) is 22.7. The summed E-state index contributed by atoms with van der Waals surface area (Å²) in [5.41, 5.74) is 1.66. The molecule has 0 aromatic heterocycles. The molecule has 2 aromatic rings. The van der Waals surface area contributed by atoms with Gasteiger partial charge in [0, 0.05) is 0 Å². The van der Waals surface area contributed by atoms with E-state index in [1.54, 1.807) is 24.1 Å². The van der Waals surface area contributed by atoms with Gasteiger partial charge in [-0.05, 0) is 53.9 Å². The summed E-state index contributed by atoms with van der Waals surface area (Å²) in [4.78, 5) is 54.7. The van der Waals surface area contributed by atoms with Crippen LogP contribution in [-0.2, 0) is 9.59 Å². The summed E-state index contributed by atoms with van der Waals surface area (Å²) < 4.78 is 0. The predicted molar refractivity (Wildman–Crippen MR) is 126 cm³/mol. The van der Waals surface area contributed by atoms with Crippen molar-refractivity contribution in [1.29, 1.82) is 0 Å². The van der Waals surface area contributed by atoms with Gasteiger partial charge in [0.25, 0.3) is 22.3 Å². The Morgan fingerprint density at radius 3 is 1.44 bits per heavy atom. The van der Waals surface area contributed by atoms with Crippen molar-refractivity contribution in [2.24, 2.45) is 0 Å². The van der Waals surface area contributed by atoms with Crippen LogP contribution in [0.15, 0.2) is 70.5 Å². The predicted octanol–water partition coefficient (Wildman–Crippen LogP) is 4.31. The standard InChI is InChI=1S/C23H19N3O4S2/c1-24(14-25-20(27)18(31-22(25)29)12-16-8-4-2-5-9-16)15-26-21(28)19(32-23(26)30)13-17-10-6-3-7-11-17/h2-13H,14-15H2,1H3. The number of hydrogen-bond donors (Lipinski definition) is 0. The van der Waals surface area contributed by atoms with Crippen LogP contribution in [-0.4, -0.2) is 57.4 Å². The van der Waals surface area contributed by atoms with Crippen LogP contribution in [0.4, 0.5) is 9.59 Å². The largest absolute Gasteiger partial charge is 0.294 e. The van der Waals surface area contributed by atoms with Crippen LogP contribution in [0.25, 0.3) is 12.2 Å². The molecule has 2 aliphatic rings. The summed E-state index contributed by atoms with van der Waals surface area (Å²) in [7, 11) is 1.65.